The van der Waals surface area contributed by atoms with Gasteiger partial charge in [-0.3, -0.25) is 10.8 Å². The summed E-state index contributed by atoms with van der Waals surface area (Å²) in [5.41, 5.74) is 16.1. The first-order valence-electron chi connectivity index (χ1n) is 8.59. The van der Waals surface area contributed by atoms with Gasteiger partial charge in [-0.15, -0.1) is 24.8 Å². The molecule has 3 rings (SSSR count). The highest BCUT2D eigenvalue weighted by molar-refractivity contribution is 6.01. The molecule has 7 N–H and O–H groups in total. The van der Waals surface area contributed by atoms with Crippen LogP contribution in [0.25, 0.3) is 22.2 Å². The summed E-state index contributed by atoms with van der Waals surface area (Å²) in [4.78, 5) is 14.8. The number of nitrogen functional groups attached to an aromatic ring is 2. The fraction of sp³-hybridized carbons (Fsp3) is 0.0952. The van der Waals surface area contributed by atoms with Crippen LogP contribution in [0.15, 0.2) is 54.6 Å². The van der Waals surface area contributed by atoms with E-state index in [0.717, 1.165) is 27.7 Å². The summed E-state index contributed by atoms with van der Waals surface area (Å²) < 4.78 is 4.65. The minimum Gasteiger partial charge on any atom is -0.466 e. The number of amidine groups is 2. The lowest BCUT2D eigenvalue weighted by atomic mass is 10.0. The number of halogens is 2. The van der Waals surface area contributed by atoms with Crippen LogP contribution in [-0.4, -0.2) is 29.7 Å². The second-order valence-corrected chi connectivity index (χ2v) is 6.27. The molecule has 0 spiro atoms. The summed E-state index contributed by atoms with van der Waals surface area (Å²) in [6, 6.07) is 12.9. The molecule has 1 aromatic heterocycles. The van der Waals surface area contributed by atoms with Gasteiger partial charge in [0.05, 0.1) is 12.8 Å². The summed E-state index contributed by atoms with van der Waals surface area (Å²) >= 11 is 0. The monoisotopic (exact) mass is 447 g/mol. The van der Waals surface area contributed by atoms with Crippen molar-refractivity contribution in [2.45, 2.75) is 6.42 Å². The molecule has 158 valence electrons. The van der Waals surface area contributed by atoms with E-state index in [-0.39, 0.29) is 36.5 Å². The molecule has 7 nitrogen and oxygen atoms in total. The van der Waals surface area contributed by atoms with Crippen molar-refractivity contribution in [3.05, 3.63) is 71.3 Å². The van der Waals surface area contributed by atoms with Gasteiger partial charge in [0.25, 0.3) is 0 Å². The van der Waals surface area contributed by atoms with E-state index in [1.54, 1.807) is 24.3 Å². The highest BCUT2D eigenvalue weighted by atomic mass is 35.5. The summed E-state index contributed by atoms with van der Waals surface area (Å²) in [6.45, 7) is 0. The number of rotatable bonds is 6. The standard InChI is InChI=1S/C21H21N5O2.2ClH/c1-28-18(27)4-2-3-16-15-10-9-14(21(24)25)11-17(15)26-19(16)12-5-7-13(8-6-12)20(22)23;;/h2,4-11,26H,3H2,1H3,(H3,22,23)(H3,24,25);2*1H. The van der Waals surface area contributed by atoms with Crippen LogP contribution in [0.4, 0.5) is 0 Å². The normalized spacial score (nSPS) is 10.3. The molecule has 9 heteroatoms. The highest BCUT2D eigenvalue weighted by Crippen LogP contribution is 2.32. The molecular weight excluding hydrogens is 425 g/mol. The maximum absolute atomic E-state index is 11.4. The number of allylic oxidation sites excluding steroid dienone is 1. The predicted molar refractivity (Wildman–Crippen MR) is 125 cm³/mol. The van der Waals surface area contributed by atoms with Crippen molar-refractivity contribution < 1.29 is 9.53 Å². The summed E-state index contributed by atoms with van der Waals surface area (Å²) in [7, 11) is 1.34. The van der Waals surface area contributed by atoms with Crippen LogP contribution in [0.5, 0.6) is 0 Å². The van der Waals surface area contributed by atoms with Crippen LogP contribution in [-0.2, 0) is 16.0 Å². The lowest BCUT2D eigenvalue weighted by Gasteiger charge is -2.05. The molecule has 2 aromatic carbocycles. The Kier molecular flexibility index (Phi) is 8.64. The molecule has 0 aliphatic heterocycles. The summed E-state index contributed by atoms with van der Waals surface area (Å²) in [5.74, 6) is -0.405. The average molecular weight is 448 g/mol. The van der Waals surface area contributed by atoms with Gasteiger partial charge in [0.15, 0.2) is 0 Å². The first-order chi connectivity index (χ1) is 13.4. The number of benzene rings is 2. The van der Waals surface area contributed by atoms with Gasteiger partial charge in [-0.25, -0.2) is 4.79 Å². The molecule has 0 fully saturated rings. The molecule has 0 radical (unpaired) electrons. The molecule has 0 saturated carbocycles. The second-order valence-electron chi connectivity index (χ2n) is 6.27. The Morgan fingerprint density at radius 1 is 1.03 bits per heavy atom. The molecule has 0 atom stereocenters. The number of nitrogens with two attached hydrogens (primary N) is 2. The van der Waals surface area contributed by atoms with E-state index in [1.807, 2.05) is 24.3 Å². The Balaban J connectivity index is 0.00000225. The Hall–Kier alpha value is -3.29. The van der Waals surface area contributed by atoms with Gasteiger partial charge in [0, 0.05) is 28.1 Å². The molecule has 0 aliphatic carbocycles. The van der Waals surface area contributed by atoms with E-state index in [4.69, 9.17) is 22.3 Å². The second kappa shape index (κ2) is 10.5. The maximum Gasteiger partial charge on any atom is 0.330 e. The predicted octanol–water partition coefficient (Wildman–Crippen LogP) is 3.52. The van der Waals surface area contributed by atoms with Crippen molar-refractivity contribution in [2.24, 2.45) is 11.5 Å². The van der Waals surface area contributed by atoms with E-state index in [0.29, 0.717) is 17.5 Å². The van der Waals surface area contributed by atoms with Crippen LogP contribution in [0.1, 0.15) is 16.7 Å². The van der Waals surface area contributed by atoms with Gasteiger partial charge in [0.1, 0.15) is 11.7 Å². The Morgan fingerprint density at radius 3 is 2.20 bits per heavy atom. The van der Waals surface area contributed by atoms with E-state index < -0.39 is 5.97 Å². The largest absolute Gasteiger partial charge is 0.466 e. The van der Waals surface area contributed by atoms with Crippen LogP contribution < -0.4 is 11.5 Å². The van der Waals surface area contributed by atoms with E-state index in [9.17, 15) is 4.79 Å². The number of nitrogens with one attached hydrogen (secondary N) is 3. The van der Waals surface area contributed by atoms with Crippen LogP contribution in [0.3, 0.4) is 0 Å². The number of fused-ring (bicyclic) bond motifs is 1. The van der Waals surface area contributed by atoms with Crippen molar-refractivity contribution >= 4 is 53.4 Å². The SMILES string of the molecule is COC(=O)C=CCc1c(-c2ccc(C(=N)N)cc2)[nH]c2cc(C(=N)N)ccc12.Cl.Cl. The molecule has 1 heterocycles. The van der Waals surface area contributed by atoms with Gasteiger partial charge in [-0.1, -0.05) is 42.5 Å². The number of methoxy groups -OCH3 is 1. The molecule has 3 aromatic rings. The topological polar surface area (TPSA) is 142 Å². The lowest BCUT2D eigenvalue weighted by Crippen LogP contribution is -2.10. The number of carbonyl (C=O) groups is 1. The van der Waals surface area contributed by atoms with Crippen molar-refractivity contribution in [2.75, 3.05) is 7.11 Å². The smallest absolute Gasteiger partial charge is 0.330 e. The Bertz CT molecular complexity index is 1100. The van der Waals surface area contributed by atoms with Gasteiger partial charge < -0.3 is 21.2 Å². The first-order valence-corrected chi connectivity index (χ1v) is 8.59. The van der Waals surface area contributed by atoms with E-state index in [1.165, 1.54) is 13.2 Å². The Labute approximate surface area is 186 Å². The molecule has 30 heavy (non-hydrogen) atoms. The maximum atomic E-state index is 11.4. The number of H-pyrrole nitrogens is 1. The fourth-order valence-corrected chi connectivity index (χ4v) is 3.04. The van der Waals surface area contributed by atoms with Crippen molar-refractivity contribution in [1.29, 1.82) is 10.8 Å². The minimum atomic E-state index is -0.411. The van der Waals surface area contributed by atoms with Gasteiger partial charge >= 0.3 is 5.97 Å². The zero-order chi connectivity index (χ0) is 20.3. The lowest BCUT2D eigenvalue weighted by molar-refractivity contribution is -0.134. The summed E-state index contributed by atoms with van der Waals surface area (Å²) in [5, 5.41) is 16.2. The van der Waals surface area contributed by atoms with Gasteiger partial charge in [-0.05, 0) is 23.6 Å². The average Bonchev–Trinajstić information content (AvgIpc) is 3.05. The molecule has 0 amide bonds. The summed E-state index contributed by atoms with van der Waals surface area (Å²) in [6.07, 6.45) is 3.66. The molecular formula is C21H23Cl2N5O2. The zero-order valence-corrected chi connectivity index (χ0v) is 17.8. The van der Waals surface area contributed by atoms with Crippen LogP contribution in [0.2, 0.25) is 0 Å². The van der Waals surface area contributed by atoms with Crippen molar-refractivity contribution in [3.63, 3.8) is 0 Å². The number of aromatic nitrogens is 1. The minimum absolute atomic E-state index is 0. The number of esters is 1. The molecule has 0 saturated heterocycles. The third-order valence-corrected chi connectivity index (χ3v) is 4.48. The number of ether oxygens (including phenoxy) is 1. The zero-order valence-electron chi connectivity index (χ0n) is 16.2. The fourth-order valence-electron chi connectivity index (χ4n) is 3.04. The first kappa shape index (κ1) is 24.7. The highest BCUT2D eigenvalue weighted by Gasteiger charge is 2.14. The van der Waals surface area contributed by atoms with Crippen LogP contribution >= 0.6 is 24.8 Å². The third-order valence-electron chi connectivity index (χ3n) is 4.48. The number of carbonyl (C=O) groups excluding carboxylic acids is 1. The molecule has 0 unspecified atom stereocenters. The van der Waals surface area contributed by atoms with Crippen molar-refractivity contribution in [3.8, 4) is 11.3 Å². The number of aromatic amines is 1. The molecule has 0 bridgehead atoms. The quantitative estimate of drug-likeness (QED) is 0.170. The van der Waals surface area contributed by atoms with Crippen LogP contribution in [0, 0.1) is 10.8 Å². The number of hydrogen-bond donors (Lipinski definition) is 5. The van der Waals surface area contributed by atoms with E-state index in [2.05, 4.69) is 9.72 Å². The van der Waals surface area contributed by atoms with Crippen molar-refractivity contribution in [1.82, 2.24) is 4.98 Å². The Morgan fingerprint density at radius 2 is 1.63 bits per heavy atom. The van der Waals surface area contributed by atoms with Gasteiger partial charge in [-0.2, -0.15) is 0 Å². The third kappa shape index (κ3) is 5.20. The van der Waals surface area contributed by atoms with E-state index >= 15 is 0 Å². The molecule has 0 aliphatic rings. The number of hydrogen-bond acceptors (Lipinski definition) is 4. The van der Waals surface area contributed by atoms with Gasteiger partial charge in [0.2, 0.25) is 0 Å².